The predicted octanol–water partition coefficient (Wildman–Crippen LogP) is 6.47. The minimum absolute atomic E-state index is 0.115. The molecule has 2 fully saturated rings. The number of carbonyl (C=O) groups is 2. The van der Waals surface area contributed by atoms with Crippen molar-refractivity contribution in [1.82, 2.24) is 24.7 Å². The first-order chi connectivity index (χ1) is 24.1. The summed E-state index contributed by atoms with van der Waals surface area (Å²) >= 11 is 1.66. The first-order valence-electron chi connectivity index (χ1n) is 17.0. The zero-order valence-electron chi connectivity index (χ0n) is 28.6. The van der Waals surface area contributed by atoms with Crippen molar-refractivity contribution < 1.29 is 19.1 Å². The van der Waals surface area contributed by atoms with Crippen LogP contribution in [0.15, 0.2) is 52.9 Å². The van der Waals surface area contributed by atoms with Crippen LogP contribution in [0.3, 0.4) is 0 Å². The summed E-state index contributed by atoms with van der Waals surface area (Å²) in [7, 11) is 3.81. The van der Waals surface area contributed by atoms with Crippen molar-refractivity contribution >= 4 is 34.3 Å². The normalized spacial score (nSPS) is 19.8. The molecular formula is C39H38N6O4S. The van der Waals surface area contributed by atoms with Gasteiger partial charge in [0.25, 0.3) is 0 Å². The lowest BCUT2D eigenvalue weighted by atomic mass is 9.91. The predicted molar refractivity (Wildman–Crippen MR) is 191 cm³/mol. The molecule has 1 N–H and O–H groups in total. The van der Waals surface area contributed by atoms with Gasteiger partial charge in [-0.25, -0.2) is 9.97 Å². The van der Waals surface area contributed by atoms with Crippen LogP contribution in [0.1, 0.15) is 45.7 Å². The van der Waals surface area contributed by atoms with Gasteiger partial charge in [-0.15, -0.1) is 11.3 Å². The molecule has 2 aromatic heterocycles. The van der Waals surface area contributed by atoms with Crippen molar-refractivity contribution in [3.05, 3.63) is 81.4 Å². The quantitative estimate of drug-likeness (QED) is 0.195. The van der Waals surface area contributed by atoms with Gasteiger partial charge in [0.1, 0.15) is 16.6 Å². The Morgan fingerprint density at radius 3 is 2.40 bits per heavy atom. The Hall–Kier alpha value is -4.89. The van der Waals surface area contributed by atoms with Gasteiger partial charge in [0, 0.05) is 35.1 Å². The molecule has 8 rings (SSSR count). The van der Waals surface area contributed by atoms with Crippen LogP contribution in [-0.2, 0) is 29.2 Å². The highest BCUT2D eigenvalue weighted by molar-refractivity contribution is 7.15. The molecule has 3 aromatic carbocycles. The Morgan fingerprint density at radius 2 is 1.74 bits per heavy atom. The maximum atomic E-state index is 12.6. The molecule has 3 aliphatic rings. The van der Waals surface area contributed by atoms with Crippen molar-refractivity contribution in [3.63, 3.8) is 0 Å². The van der Waals surface area contributed by atoms with Crippen LogP contribution in [0.25, 0.3) is 44.3 Å². The number of carboxylic acids is 1. The SMILES string of the molecule is Cc1c(-c2nc3cc(CN4CC5CC4CC5C(=O)O)cc(C#N)c3o2)cccc1-c1cccc(-c2nc3c(s2)CN(C(=O)CN(C)C)C3)c1C. The van der Waals surface area contributed by atoms with Crippen molar-refractivity contribution in [2.24, 2.45) is 11.8 Å². The number of hydrogen-bond acceptors (Lipinski definition) is 9. The summed E-state index contributed by atoms with van der Waals surface area (Å²) in [6.45, 7) is 7.16. The summed E-state index contributed by atoms with van der Waals surface area (Å²) < 4.78 is 6.32. The standard InChI is InChI=1S/C39H38N6O4S/c1-21-27(28-8-6-10-30(22(28)2)38-42-33-18-45(19-34(33)50-38)35(46)20-43(3)4)7-5-9-29(21)37-41-32-12-23(11-24(15-40)36(32)49-37)16-44-17-25-13-26(44)14-31(25)39(47)48/h5-12,25-26,31H,13-14,16-20H2,1-4H3,(H,47,48). The second kappa shape index (κ2) is 12.5. The number of nitriles is 1. The largest absolute Gasteiger partial charge is 0.481 e. The van der Waals surface area contributed by atoms with Gasteiger partial charge in [0.15, 0.2) is 5.58 Å². The monoisotopic (exact) mass is 686 g/mol. The van der Waals surface area contributed by atoms with E-state index in [1.165, 1.54) is 0 Å². The van der Waals surface area contributed by atoms with Gasteiger partial charge in [-0.3, -0.25) is 14.5 Å². The molecule has 4 heterocycles. The molecule has 0 radical (unpaired) electrons. The van der Waals surface area contributed by atoms with Crippen molar-refractivity contribution in [2.45, 2.75) is 52.4 Å². The number of nitrogens with zero attached hydrogens (tertiary/aromatic N) is 6. The number of hydrogen-bond donors (Lipinski definition) is 1. The summed E-state index contributed by atoms with van der Waals surface area (Å²) in [4.78, 5) is 41.4. The Balaban J connectivity index is 1.06. The van der Waals surface area contributed by atoms with Crippen LogP contribution in [-0.4, -0.2) is 74.9 Å². The van der Waals surface area contributed by atoms with Gasteiger partial charge in [-0.1, -0.05) is 30.3 Å². The Labute approximate surface area is 294 Å². The lowest BCUT2D eigenvalue weighted by Gasteiger charge is -2.29. The topological polar surface area (TPSA) is 127 Å². The fourth-order valence-electron chi connectivity index (χ4n) is 8.18. The second-order valence-electron chi connectivity index (χ2n) is 14.2. The fourth-order valence-corrected chi connectivity index (χ4v) is 9.35. The van der Waals surface area contributed by atoms with Gasteiger partial charge in [0.2, 0.25) is 11.8 Å². The van der Waals surface area contributed by atoms with Crippen LogP contribution < -0.4 is 0 Å². The third kappa shape index (κ3) is 5.57. The summed E-state index contributed by atoms with van der Waals surface area (Å²) in [6, 6.07) is 18.9. The van der Waals surface area contributed by atoms with E-state index >= 15 is 0 Å². The lowest BCUT2D eigenvalue weighted by Crippen LogP contribution is -2.37. The molecule has 1 aliphatic carbocycles. The number of aliphatic carboxylic acids is 1. The van der Waals surface area contributed by atoms with Gasteiger partial charge in [-0.05, 0) is 92.7 Å². The molecular weight excluding hydrogens is 649 g/mol. The molecule has 11 heteroatoms. The average molecular weight is 687 g/mol. The lowest BCUT2D eigenvalue weighted by molar-refractivity contribution is -0.144. The first-order valence-corrected chi connectivity index (χ1v) is 17.8. The zero-order valence-corrected chi connectivity index (χ0v) is 29.4. The number of thiazole rings is 1. The minimum atomic E-state index is -0.687. The minimum Gasteiger partial charge on any atom is -0.481 e. The third-order valence-corrected chi connectivity index (χ3v) is 11.8. The number of amides is 1. The van der Waals surface area contributed by atoms with Crippen LogP contribution in [0.5, 0.6) is 0 Å². The van der Waals surface area contributed by atoms with Crippen LogP contribution in [0.2, 0.25) is 0 Å². The summed E-state index contributed by atoms with van der Waals surface area (Å²) in [6.07, 6.45) is 1.60. The van der Waals surface area contributed by atoms with Crippen molar-refractivity contribution in [1.29, 1.82) is 5.26 Å². The number of aromatic nitrogens is 2. The number of fused-ring (bicyclic) bond motifs is 4. The number of rotatable bonds is 8. The van der Waals surface area contributed by atoms with E-state index in [1.807, 2.05) is 48.2 Å². The number of carboxylic acid groups (broad SMARTS) is 1. The van der Waals surface area contributed by atoms with Crippen molar-refractivity contribution in [3.8, 4) is 39.2 Å². The molecule has 1 saturated heterocycles. The number of benzene rings is 3. The molecule has 1 amide bonds. The van der Waals surface area contributed by atoms with Gasteiger partial charge >= 0.3 is 5.97 Å². The highest BCUT2D eigenvalue weighted by atomic mass is 32.1. The average Bonchev–Trinajstić information content (AvgIpc) is 3.91. The Kier molecular flexibility index (Phi) is 8.06. The number of likely N-dealkylation sites (tertiary alicyclic amines) is 1. The maximum Gasteiger partial charge on any atom is 0.306 e. The van der Waals surface area contributed by atoms with E-state index < -0.39 is 5.97 Å². The summed E-state index contributed by atoms with van der Waals surface area (Å²) in [5.41, 5.74) is 9.78. The molecule has 1 saturated carbocycles. The molecule has 5 aromatic rings. The van der Waals surface area contributed by atoms with Crippen LogP contribution in [0.4, 0.5) is 0 Å². The number of carbonyl (C=O) groups excluding carboxylic acids is 1. The van der Waals surface area contributed by atoms with E-state index in [-0.39, 0.29) is 23.8 Å². The van der Waals surface area contributed by atoms with Gasteiger partial charge < -0.3 is 19.3 Å². The molecule has 3 atom stereocenters. The number of oxazole rings is 1. The molecule has 0 spiro atoms. The molecule has 3 unspecified atom stereocenters. The van der Waals surface area contributed by atoms with E-state index in [2.05, 4.69) is 49.1 Å². The summed E-state index contributed by atoms with van der Waals surface area (Å²) in [5.74, 6) is -0.163. The van der Waals surface area contributed by atoms with Gasteiger partial charge in [-0.2, -0.15) is 5.26 Å². The third-order valence-electron chi connectivity index (χ3n) is 10.7. The van der Waals surface area contributed by atoms with E-state index in [9.17, 15) is 20.0 Å². The second-order valence-corrected chi connectivity index (χ2v) is 15.3. The highest BCUT2D eigenvalue weighted by Gasteiger charge is 2.47. The van der Waals surface area contributed by atoms with E-state index in [4.69, 9.17) is 14.4 Å². The van der Waals surface area contributed by atoms with Crippen LogP contribution >= 0.6 is 11.3 Å². The first kappa shape index (κ1) is 32.3. The van der Waals surface area contributed by atoms with Gasteiger partial charge in [0.05, 0.1) is 36.8 Å². The fraction of sp³-hybridized carbons (Fsp3) is 0.359. The number of likely N-dealkylation sites (N-methyl/N-ethyl adjacent to an activating group) is 1. The van der Waals surface area contributed by atoms with E-state index in [0.29, 0.717) is 55.2 Å². The Morgan fingerprint density at radius 1 is 1.02 bits per heavy atom. The maximum absolute atomic E-state index is 12.6. The van der Waals surface area contributed by atoms with E-state index in [1.54, 1.807) is 11.3 Å². The molecule has 10 nitrogen and oxygen atoms in total. The van der Waals surface area contributed by atoms with Crippen molar-refractivity contribution in [2.75, 3.05) is 27.2 Å². The molecule has 2 aliphatic heterocycles. The highest BCUT2D eigenvalue weighted by Crippen LogP contribution is 2.44. The molecule has 2 bridgehead atoms. The number of piperidine rings is 1. The molecule has 50 heavy (non-hydrogen) atoms. The van der Waals surface area contributed by atoms with E-state index in [0.717, 1.165) is 67.5 Å². The van der Waals surface area contributed by atoms with Crippen LogP contribution in [0, 0.1) is 37.0 Å². The smallest absolute Gasteiger partial charge is 0.306 e. The zero-order chi connectivity index (χ0) is 34.8. The summed E-state index contributed by atoms with van der Waals surface area (Å²) in [5, 5.41) is 20.6. The molecule has 254 valence electrons. The Bertz CT molecular complexity index is 2210.